The smallest absolute Gasteiger partial charge is 0.426 e. The Morgan fingerprint density at radius 2 is 1.81 bits per heavy atom. The zero-order valence-electron chi connectivity index (χ0n) is 12.4. The molecule has 7 heteroatoms. The molecular weight excluding hydrogens is 294 g/mol. The monoisotopic (exact) mass is 313 g/mol. The highest BCUT2D eigenvalue weighted by Crippen LogP contribution is 2.36. The van der Waals surface area contributed by atoms with Gasteiger partial charge in [0, 0.05) is 0 Å². The Labute approximate surface area is 124 Å². The maximum atomic E-state index is 12.1. The summed E-state index contributed by atoms with van der Waals surface area (Å²) in [6.07, 6.45) is -1.66. The van der Waals surface area contributed by atoms with Crippen LogP contribution in [0.4, 0.5) is 4.79 Å². The molecule has 2 atom stereocenters. The van der Waals surface area contributed by atoms with Gasteiger partial charge in [-0.05, 0) is 33.3 Å². The molecule has 6 nitrogen and oxygen atoms in total. The third-order valence-electron chi connectivity index (χ3n) is 2.98. The normalized spacial score (nSPS) is 24.9. The predicted molar refractivity (Wildman–Crippen MR) is 76.7 cm³/mol. The van der Waals surface area contributed by atoms with Gasteiger partial charge < -0.3 is 4.74 Å². The Balaban J connectivity index is 2.29. The van der Waals surface area contributed by atoms with E-state index < -0.39 is 34.1 Å². The van der Waals surface area contributed by atoms with Crippen molar-refractivity contribution in [1.29, 1.82) is 0 Å². The van der Waals surface area contributed by atoms with Crippen LogP contribution in [0.25, 0.3) is 0 Å². The van der Waals surface area contributed by atoms with Crippen molar-refractivity contribution >= 4 is 16.4 Å². The highest BCUT2D eigenvalue weighted by Gasteiger charge is 2.49. The molecule has 2 rings (SSSR count). The molecule has 116 valence electrons. The van der Waals surface area contributed by atoms with Gasteiger partial charge in [0.1, 0.15) is 11.7 Å². The molecule has 0 N–H and O–H groups in total. The van der Waals surface area contributed by atoms with E-state index in [1.54, 1.807) is 52.0 Å². The lowest BCUT2D eigenvalue weighted by Gasteiger charge is -2.25. The van der Waals surface area contributed by atoms with E-state index in [0.29, 0.717) is 9.87 Å². The lowest BCUT2D eigenvalue weighted by Crippen LogP contribution is -2.41. The van der Waals surface area contributed by atoms with E-state index in [1.807, 2.05) is 6.07 Å². The molecule has 0 aromatic heterocycles. The molecule has 0 aliphatic carbocycles. The topological polar surface area (TPSA) is 72.9 Å². The van der Waals surface area contributed by atoms with Gasteiger partial charge in [0.2, 0.25) is 0 Å². The maximum Gasteiger partial charge on any atom is 0.426 e. The van der Waals surface area contributed by atoms with Crippen LogP contribution in [0.3, 0.4) is 0 Å². The Morgan fingerprint density at radius 1 is 1.24 bits per heavy atom. The third kappa shape index (κ3) is 3.36. The second kappa shape index (κ2) is 5.31. The van der Waals surface area contributed by atoms with Crippen molar-refractivity contribution in [2.45, 2.75) is 45.4 Å². The molecule has 1 aromatic carbocycles. The molecule has 0 bridgehead atoms. The molecule has 1 aromatic rings. The van der Waals surface area contributed by atoms with Gasteiger partial charge in [-0.2, -0.15) is 12.7 Å². The first kappa shape index (κ1) is 15.8. The summed E-state index contributed by atoms with van der Waals surface area (Å²) in [7, 11) is -4.15. The Morgan fingerprint density at radius 3 is 2.33 bits per heavy atom. The SMILES string of the molecule is C[C@H]1C(c2ccccc2)OS(=O)(=O)N1C(=O)OC(C)(C)C. The molecule has 1 amide bonds. The van der Waals surface area contributed by atoms with Crippen molar-refractivity contribution in [1.82, 2.24) is 4.31 Å². The van der Waals surface area contributed by atoms with E-state index in [4.69, 9.17) is 8.92 Å². The number of carbonyl (C=O) groups excluding carboxylic acids is 1. The first-order valence-electron chi connectivity index (χ1n) is 6.62. The molecule has 1 heterocycles. The van der Waals surface area contributed by atoms with Gasteiger partial charge in [-0.1, -0.05) is 30.3 Å². The minimum absolute atomic E-state index is 0.663. The van der Waals surface area contributed by atoms with E-state index in [9.17, 15) is 13.2 Å². The van der Waals surface area contributed by atoms with E-state index in [0.717, 1.165) is 0 Å². The largest absolute Gasteiger partial charge is 0.443 e. The minimum Gasteiger partial charge on any atom is -0.443 e. The molecule has 0 radical (unpaired) electrons. The lowest BCUT2D eigenvalue weighted by molar-refractivity contribution is 0.0347. The second-order valence-electron chi connectivity index (χ2n) is 5.90. The van der Waals surface area contributed by atoms with Crippen LogP contribution < -0.4 is 0 Å². The zero-order chi connectivity index (χ0) is 15.8. The van der Waals surface area contributed by atoms with Gasteiger partial charge in [0.15, 0.2) is 0 Å². The maximum absolute atomic E-state index is 12.1. The second-order valence-corrected chi connectivity index (χ2v) is 7.34. The van der Waals surface area contributed by atoms with Crippen molar-refractivity contribution in [3.05, 3.63) is 35.9 Å². The van der Waals surface area contributed by atoms with Gasteiger partial charge in [0.25, 0.3) is 0 Å². The predicted octanol–water partition coefficient (Wildman–Crippen LogP) is 2.63. The number of nitrogens with zero attached hydrogens (tertiary/aromatic N) is 1. The number of hydrogen-bond acceptors (Lipinski definition) is 5. The van der Waals surface area contributed by atoms with E-state index in [-0.39, 0.29) is 0 Å². The van der Waals surface area contributed by atoms with Crippen molar-refractivity contribution in [2.24, 2.45) is 0 Å². The van der Waals surface area contributed by atoms with E-state index >= 15 is 0 Å². The fraction of sp³-hybridized carbons (Fsp3) is 0.500. The van der Waals surface area contributed by atoms with E-state index in [2.05, 4.69) is 0 Å². The highest BCUT2D eigenvalue weighted by atomic mass is 32.2. The van der Waals surface area contributed by atoms with Gasteiger partial charge >= 0.3 is 16.4 Å². The molecule has 0 spiro atoms. The number of benzene rings is 1. The average molecular weight is 313 g/mol. The van der Waals surface area contributed by atoms with Crippen molar-refractivity contribution < 1.29 is 22.1 Å². The van der Waals surface area contributed by atoms with Crippen LogP contribution in [-0.4, -0.2) is 30.5 Å². The van der Waals surface area contributed by atoms with Crippen molar-refractivity contribution in [2.75, 3.05) is 0 Å². The average Bonchev–Trinajstić information content (AvgIpc) is 2.58. The van der Waals surface area contributed by atoms with Crippen molar-refractivity contribution in [3.8, 4) is 0 Å². The van der Waals surface area contributed by atoms with E-state index in [1.165, 1.54) is 0 Å². The quantitative estimate of drug-likeness (QED) is 0.797. The van der Waals surface area contributed by atoms with Crippen LogP contribution in [0.2, 0.25) is 0 Å². The number of amides is 1. The lowest BCUT2D eigenvalue weighted by atomic mass is 10.0. The standard InChI is InChI=1S/C14H19NO5S/c1-10-12(11-8-6-5-7-9-11)20-21(17,18)15(10)13(16)19-14(2,3)4/h5-10,12H,1-4H3/t10-,12?/m0/s1. The Hall–Kier alpha value is -1.60. The number of carbonyl (C=O) groups is 1. The zero-order valence-corrected chi connectivity index (χ0v) is 13.3. The molecule has 21 heavy (non-hydrogen) atoms. The van der Waals surface area contributed by atoms with Crippen LogP contribution in [-0.2, 0) is 19.2 Å². The number of rotatable bonds is 1. The van der Waals surface area contributed by atoms with Crippen LogP contribution >= 0.6 is 0 Å². The van der Waals surface area contributed by atoms with Crippen LogP contribution in [0.5, 0.6) is 0 Å². The summed E-state index contributed by atoms with van der Waals surface area (Å²) < 4.78 is 35.1. The van der Waals surface area contributed by atoms with Gasteiger partial charge in [0.05, 0.1) is 6.04 Å². The first-order valence-corrected chi connectivity index (χ1v) is 7.99. The van der Waals surface area contributed by atoms with Gasteiger partial charge in [-0.15, -0.1) is 0 Å². The summed E-state index contributed by atoms with van der Waals surface area (Å²) in [6, 6.07) is 8.24. The minimum atomic E-state index is -4.15. The number of ether oxygens (including phenoxy) is 1. The summed E-state index contributed by atoms with van der Waals surface area (Å²) in [5.74, 6) is 0. The fourth-order valence-electron chi connectivity index (χ4n) is 2.13. The Bertz CT molecular complexity index is 621. The van der Waals surface area contributed by atoms with Crippen LogP contribution in [0.1, 0.15) is 39.4 Å². The molecule has 1 aliphatic heterocycles. The molecule has 1 unspecified atom stereocenters. The highest BCUT2D eigenvalue weighted by molar-refractivity contribution is 7.85. The van der Waals surface area contributed by atoms with Crippen LogP contribution in [0, 0.1) is 0 Å². The summed E-state index contributed by atoms with van der Waals surface area (Å²) in [4.78, 5) is 12.1. The molecule has 1 saturated heterocycles. The first-order chi connectivity index (χ1) is 9.62. The van der Waals surface area contributed by atoms with Gasteiger partial charge in [-0.3, -0.25) is 0 Å². The summed E-state index contributed by atoms with van der Waals surface area (Å²) >= 11 is 0. The molecule has 0 saturated carbocycles. The molecule has 1 aliphatic rings. The summed E-state index contributed by atoms with van der Waals surface area (Å²) in [5, 5.41) is 0. The fourth-order valence-corrected chi connectivity index (χ4v) is 3.49. The van der Waals surface area contributed by atoms with Gasteiger partial charge in [-0.25, -0.2) is 8.98 Å². The third-order valence-corrected chi connectivity index (χ3v) is 4.39. The number of hydrogen-bond donors (Lipinski definition) is 0. The Kier molecular flexibility index (Phi) is 3.99. The summed E-state index contributed by atoms with van der Waals surface area (Å²) in [5.41, 5.74) is -0.0865. The van der Waals surface area contributed by atoms with Crippen molar-refractivity contribution in [3.63, 3.8) is 0 Å². The molecule has 1 fully saturated rings. The summed E-state index contributed by atoms with van der Waals surface area (Å²) in [6.45, 7) is 6.64. The van der Waals surface area contributed by atoms with Crippen LogP contribution in [0.15, 0.2) is 30.3 Å². The molecular formula is C14H19NO5S.